The Morgan fingerprint density at radius 3 is 2.65 bits per heavy atom. The smallest absolute Gasteiger partial charge is 0.319 e. The molecule has 0 saturated carbocycles. The van der Waals surface area contributed by atoms with Gasteiger partial charge in [-0.3, -0.25) is 0 Å². The Kier molecular flexibility index (Phi) is 4.85. The first-order valence-corrected chi connectivity index (χ1v) is 6.53. The summed E-state index contributed by atoms with van der Waals surface area (Å²) in [5.41, 5.74) is 0.836. The summed E-state index contributed by atoms with van der Waals surface area (Å²) < 4.78 is 5.60. The second kappa shape index (κ2) is 6.83. The lowest BCUT2D eigenvalue weighted by atomic mass is 10.2. The second-order valence-electron chi connectivity index (χ2n) is 4.52. The summed E-state index contributed by atoms with van der Waals surface area (Å²) in [6.07, 6.45) is 0. The van der Waals surface area contributed by atoms with Crippen LogP contribution in [0.1, 0.15) is 5.56 Å². The van der Waals surface area contributed by atoms with Crippen molar-refractivity contribution in [2.24, 2.45) is 0 Å². The zero-order valence-electron chi connectivity index (χ0n) is 11.5. The number of hydrogen-bond acceptors (Lipinski definition) is 3. The van der Waals surface area contributed by atoms with Crippen molar-refractivity contribution in [2.45, 2.75) is 0 Å². The van der Waals surface area contributed by atoms with Crippen LogP contribution in [0.5, 0.6) is 5.75 Å². The molecule has 0 unspecified atom stereocenters. The molecule has 0 bridgehead atoms. The number of carbonyl (C=O) groups is 1. The van der Waals surface area contributed by atoms with Crippen LogP contribution in [0.25, 0.3) is 0 Å². The van der Waals surface area contributed by atoms with Gasteiger partial charge in [-0.05, 0) is 24.3 Å². The number of hydrogen-bond donors (Lipinski definition) is 1. The van der Waals surface area contributed by atoms with E-state index >= 15 is 0 Å². The first kappa shape index (κ1) is 14.2. The highest BCUT2D eigenvalue weighted by Crippen LogP contribution is 2.12. The number of ether oxygens (including phenoxy) is 1. The number of aliphatic hydroxyl groups is 1. The third-order valence-corrected chi connectivity index (χ3v) is 3.10. The van der Waals surface area contributed by atoms with Gasteiger partial charge in [-0.15, -0.1) is 0 Å². The molecule has 0 radical (unpaired) electrons. The van der Waals surface area contributed by atoms with Crippen LogP contribution in [0.3, 0.4) is 0 Å². The summed E-state index contributed by atoms with van der Waals surface area (Å²) in [7, 11) is 1.80. The number of nitrogens with zero attached hydrogens (tertiary/aromatic N) is 2. The maximum atomic E-state index is 11.7. The molecule has 2 amide bonds. The Morgan fingerprint density at radius 2 is 2.05 bits per heavy atom. The average Bonchev–Trinajstić information content (AvgIpc) is 2.78. The van der Waals surface area contributed by atoms with Crippen molar-refractivity contribution in [3.05, 3.63) is 29.8 Å². The van der Waals surface area contributed by atoms with E-state index in [9.17, 15) is 4.79 Å². The van der Waals surface area contributed by atoms with Crippen LogP contribution < -0.4 is 4.74 Å². The lowest BCUT2D eigenvalue weighted by Gasteiger charge is -2.16. The second-order valence-corrected chi connectivity index (χ2v) is 4.52. The summed E-state index contributed by atoms with van der Waals surface area (Å²) >= 11 is 0. The molecule has 1 N–H and O–H groups in total. The van der Waals surface area contributed by atoms with Gasteiger partial charge in [0.2, 0.25) is 0 Å². The minimum atomic E-state index is -0.142. The van der Waals surface area contributed by atoms with Crippen LogP contribution in [0, 0.1) is 11.8 Å². The maximum Gasteiger partial charge on any atom is 0.319 e. The van der Waals surface area contributed by atoms with E-state index < -0.39 is 0 Å². The lowest BCUT2D eigenvalue weighted by molar-refractivity contribution is 0.188. The molecule has 5 nitrogen and oxygen atoms in total. The zero-order chi connectivity index (χ0) is 14.4. The Bertz CT molecular complexity index is 516. The lowest BCUT2D eigenvalue weighted by Crippen LogP contribution is -2.32. The maximum absolute atomic E-state index is 11.7. The van der Waals surface area contributed by atoms with Crippen molar-refractivity contribution < 1.29 is 14.6 Å². The van der Waals surface area contributed by atoms with Crippen LogP contribution in [-0.4, -0.2) is 60.8 Å². The van der Waals surface area contributed by atoms with Crippen molar-refractivity contribution in [3.63, 3.8) is 0 Å². The van der Waals surface area contributed by atoms with Gasteiger partial charge in [-0.1, -0.05) is 11.8 Å². The van der Waals surface area contributed by atoms with Crippen molar-refractivity contribution in [1.82, 2.24) is 9.80 Å². The molecule has 1 aromatic rings. The van der Waals surface area contributed by atoms with E-state index in [2.05, 4.69) is 11.8 Å². The van der Waals surface area contributed by atoms with Crippen LogP contribution in [0.2, 0.25) is 0 Å². The van der Waals surface area contributed by atoms with Crippen molar-refractivity contribution in [3.8, 4) is 17.6 Å². The summed E-state index contributed by atoms with van der Waals surface area (Å²) in [5.74, 6) is 6.16. The zero-order valence-corrected chi connectivity index (χ0v) is 11.5. The average molecular weight is 274 g/mol. The molecule has 1 aromatic carbocycles. The number of urea groups is 1. The highest BCUT2D eigenvalue weighted by Gasteiger charge is 2.24. The first-order valence-electron chi connectivity index (χ1n) is 6.53. The van der Waals surface area contributed by atoms with Gasteiger partial charge in [-0.2, -0.15) is 0 Å². The van der Waals surface area contributed by atoms with Gasteiger partial charge in [0.15, 0.2) is 0 Å². The number of aliphatic hydroxyl groups excluding tert-OH is 1. The molecular weight excluding hydrogens is 256 g/mol. The van der Waals surface area contributed by atoms with Gasteiger partial charge >= 0.3 is 6.03 Å². The van der Waals surface area contributed by atoms with Crippen molar-refractivity contribution in [1.29, 1.82) is 0 Å². The van der Waals surface area contributed by atoms with E-state index in [1.807, 2.05) is 24.3 Å². The fourth-order valence-electron chi connectivity index (χ4n) is 1.96. The van der Waals surface area contributed by atoms with Gasteiger partial charge < -0.3 is 19.6 Å². The predicted octanol–water partition coefficient (Wildman–Crippen LogP) is 0.777. The van der Waals surface area contributed by atoms with Crippen LogP contribution in [0.4, 0.5) is 4.79 Å². The third-order valence-electron chi connectivity index (χ3n) is 3.10. The molecule has 1 fully saturated rings. The van der Waals surface area contributed by atoms with E-state index in [-0.39, 0.29) is 12.6 Å². The fourth-order valence-corrected chi connectivity index (χ4v) is 1.96. The Labute approximate surface area is 118 Å². The minimum Gasteiger partial charge on any atom is -0.492 e. The summed E-state index contributed by atoms with van der Waals surface area (Å²) in [4.78, 5) is 15.1. The molecule has 5 heteroatoms. The first-order chi connectivity index (χ1) is 9.70. The number of carbonyl (C=O) groups excluding carboxylic acids is 1. The molecule has 2 rings (SSSR count). The predicted molar refractivity (Wildman–Crippen MR) is 75.5 cm³/mol. The molecule has 106 valence electrons. The fraction of sp³-hybridized carbons (Fsp3) is 0.400. The monoisotopic (exact) mass is 274 g/mol. The number of likely N-dealkylation sites (N-methyl/N-ethyl adjacent to an activating group) is 1. The van der Waals surface area contributed by atoms with Gasteiger partial charge in [0.05, 0.1) is 6.54 Å². The van der Waals surface area contributed by atoms with Gasteiger partial charge in [0.1, 0.15) is 19.0 Å². The van der Waals surface area contributed by atoms with Crippen molar-refractivity contribution in [2.75, 3.05) is 39.9 Å². The van der Waals surface area contributed by atoms with Crippen LogP contribution >= 0.6 is 0 Å². The Balaban J connectivity index is 1.78. The highest BCUT2D eigenvalue weighted by atomic mass is 16.5. The van der Waals surface area contributed by atoms with E-state index in [1.165, 1.54) is 0 Å². The molecule has 20 heavy (non-hydrogen) atoms. The molecule has 0 aliphatic carbocycles. The highest BCUT2D eigenvalue weighted by molar-refractivity contribution is 5.76. The number of amides is 2. The molecule has 0 atom stereocenters. The molecule has 0 spiro atoms. The number of rotatable bonds is 4. The largest absolute Gasteiger partial charge is 0.492 e. The Hall–Kier alpha value is -2.19. The quantitative estimate of drug-likeness (QED) is 0.825. The summed E-state index contributed by atoms with van der Waals surface area (Å²) in [6, 6.07) is 7.40. The van der Waals surface area contributed by atoms with Crippen LogP contribution in [0.15, 0.2) is 24.3 Å². The normalized spacial score (nSPS) is 14.2. The molecule has 1 saturated heterocycles. The molecule has 1 heterocycles. The number of benzene rings is 1. The standard InChI is InChI=1S/C15H18N2O3/c1-16-8-9-17(15(16)19)10-12-20-14-6-4-13(5-7-14)3-2-11-18/h4-7,18H,8-12H2,1H3. The Morgan fingerprint density at radius 1 is 1.30 bits per heavy atom. The minimum absolute atomic E-state index is 0.0585. The molecule has 0 aromatic heterocycles. The van der Waals surface area contributed by atoms with Crippen LogP contribution in [-0.2, 0) is 0 Å². The van der Waals surface area contributed by atoms with Gasteiger partial charge in [-0.25, -0.2) is 4.79 Å². The van der Waals surface area contributed by atoms with E-state index in [0.29, 0.717) is 13.2 Å². The molecule has 1 aliphatic heterocycles. The van der Waals surface area contributed by atoms with E-state index in [1.54, 1.807) is 16.8 Å². The van der Waals surface area contributed by atoms with Gasteiger partial charge in [0, 0.05) is 25.7 Å². The van der Waals surface area contributed by atoms with E-state index in [4.69, 9.17) is 9.84 Å². The third kappa shape index (κ3) is 3.65. The summed E-state index contributed by atoms with van der Waals surface area (Å²) in [6.45, 7) is 2.46. The SMILES string of the molecule is CN1CCN(CCOc2ccc(C#CCO)cc2)C1=O. The topological polar surface area (TPSA) is 53.0 Å². The summed E-state index contributed by atoms with van der Waals surface area (Å²) in [5, 5.41) is 8.61. The van der Waals surface area contributed by atoms with E-state index in [0.717, 1.165) is 24.4 Å². The molecular formula is C15H18N2O3. The molecule has 1 aliphatic rings. The van der Waals surface area contributed by atoms with Gasteiger partial charge in [0.25, 0.3) is 0 Å². The van der Waals surface area contributed by atoms with Crippen molar-refractivity contribution >= 4 is 6.03 Å².